The van der Waals surface area contributed by atoms with Gasteiger partial charge >= 0.3 is 0 Å². The molecule has 0 heterocycles. The van der Waals surface area contributed by atoms with Crippen molar-refractivity contribution in [1.29, 1.82) is 0 Å². The zero-order valence-corrected chi connectivity index (χ0v) is 16.8. The summed E-state index contributed by atoms with van der Waals surface area (Å²) >= 11 is 0. The monoisotopic (exact) mass is 386 g/mol. The van der Waals surface area contributed by atoms with Gasteiger partial charge in [-0.1, -0.05) is 104 Å². The fraction of sp³-hybridized carbons (Fsp3) is 0.0400. The molecule has 0 amide bonds. The van der Waals surface area contributed by atoms with Crippen molar-refractivity contribution in [3.05, 3.63) is 121 Å². The smallest absolute Gasteiger partial charge is 0.275 e. The minimum Gasteiger partial charge on any atom is -0.441 e. The second-order valence-corrected chi connectivity index (χ2v) is 6.62. The van der Waals surface area contributed by atoms with E-state index in [1.165, 1.54) is 0 Å². The Kier molecular flexibility index (Phi) is 7.23. The predicted octanol–water partition coefficient (Wildman–Crippen LogP) is 7.43. The Morgan fingerprint density at radius 1 is 0.857 bits per heavy atom. The van der Waals surface area contributed by atoms with Gasteiger partial charge in [-0.2, -0.15) is 0 Å². The molecule has 1 unspecified atom stereocenters. The van der Waals surface area contributed by atoms with Gasteiger partial charge < -0.3 is 9.05 Å². The van der Waals surface area contributed by atoms with Crippen LogP contribution < -0.4 is 4.52 Å². The maximum Gasteiger partial charge on any atom is 0.275 e. The molecule has 2 nitrogen and oxygen atoms in total. The van der Waals surface area contributed by atoms with Crippen LogP contribution in [-0.2, 0) is 4.52 Å². The summed E-state index contributed by atoms with van der Waals surface area (Å²) in [5.41, 5.74) is 4.14. The molecule has 0 spiro atoms. The summed E-state index contributed by atoms with van der Waals surface area (Å²) in [5.74, 6) is 1.37. The lowest BCUT2D eigenvalue weighted by atomic mass is 10.0. The lowest BCUT2D eigenvalue weighted by Crippen LogP contribution is -1.91. The van der Waals surface area contributed by atoms with E-state index in [0.717, 1.165) is 28.0 Å². The summed E-state index contributed by atoms with van der Waals surface area (Å²) in [4.78, 5) is 0. The van der Waals surface area contributed by atoms with Crippen LogP contribution in [-0.4, -0.2) is 0 Å². The summed E-state index contributed by atoms with van der Waals surface area (Å²) in [6.45, 7) is 6.08. The maximum absolute atomic E-state index is 5.95. The van der Waals surface area contributed by atoms with Gasteiger partial charge in [0.05, 0.1) is 0 Å². The fourth-order valence-electron chi connectivity index (χ4n) is 2.74. The second kappa shape index (κ2) is 10.3. The van der Waals surface area contributed by atoms with Crippen molar-refractivity contribution in [2.45, 2.75) is 6.92 Å². The van der Waals surface area contributed by atoms with E-state index < -0.39 is 0 Å². The standard InChI is InChI=1S/C25H23O2P/c1-3-4-17-23(21-13-7-5-8-14-21)20(2)26-28-27-25-19-12-11-18-24(25)22-15-9-6-10-16-22/h3-19,28H,2H2,1H3/b4-3-,23-17+. The molecule has 0 aliphatic heterocycles. The number of hydrogen-bond acceptors (Lipinski definition) is 2. The van der Waals surface area contributed by atoms with Crippen LogP contribution in [0.25, 0.3) is 16.7 Å². The van der Waals surface area contributed by atoms with Crippen LogP contribution in [0.3, 0.4) is 0 Å². The lowest BCUT2D eigenvalue weighted by molar-refractivity contribution is 0.447. The van der Waals surface area contributed by atoms with Gasteiger partial charge in [-0.15, -0.1) is 0 Å². The number of allylic oxidation sites excluding steroid dienone is 4. The molecule has 0 bridgehead atoms. The van der Waals surface area contributed by atoms with Gasteiger partial charge in [0.2, 0.25) is 0 Å². The van der Waals surface area contributed by atoms with E-state index in [4.69, 9.17) is 9.05 Å². The summed E-state index contributed by atoms with van der Waals surface area (Å²) in [5, 5.41) is 0. The van der Waals surface area contributed by atoms with Crippen molar-refractivity contribution >= 4 is 14.6 Å². The number of benzene rings is 3. The van der Waals surface area contributed by atoms with Crippen molar-refractivity contribution in [2.24, 2.45) is 0 Å². The van der Waals surface area contributed by atoms with E-state index in [9.17, 15) is 0 Å². The van der Waals surface area contributed by atoms with Gasteiger partial charge in [-0.25, -0.2) is 0 Å². The Hall–Kier alpha value is -3.09. The zero-order valence-electron chi connectivity index (χ0n) is 15.8. The summed E-state index contributed by atoms with van der Waals surface area (Å²) in [7, 11) is -0.190. The first-order chi connectivity index (χ1) is 13.8. The highest BCUT2D eigenvalue weighted by Crippen LogP contribution is 2.36. The van der Waals surface area contributed by atoms with Gasteiger partial charge in [-0.3, -0.25) is 0 Å². The van der Waals surface area contributed by atoms with E-state index >= 15 is 0 Å². The molecule has 3 aromatic rings. The Morgan fingerprint density at radius 3 is 2.21 bits per heavy atom. The normalized spacial score (nSPS) is 11.8. The van der Waals surface area contributed by atoms with E-state index in [1.807, 2.05) is 97.9 Å². The lowest BCUT2D eigenvalue weighted by Gasteiger charge is -2.14. The van der Waals surface area contributed by atoms with E-state index in [2.05, 4.69) is 18.7 Å². The molecule has 140 valence electrons. The highest BCUT2D eigenvalue weighted by atomic mass is 31.1. The molecule has 3 aromatic carbocycles. The van der Waals surface area contributed by atoms with Crippen LogP contribution in [0.1, 0.15) is 12.5 Å². The molecule has 3 heteroatoms. The van der Waals surface area contributed by atoms with Gasteiger partial charge in [0, 0.05) is 11.1 Å². The quantitative estimate of drug-likeness (QED) is 0.228. The van der Waals surface area contributed by atoms with Crippen LogP contribution in [0, 0.1) is 0 Å². The van der Waals surface area contributed by atoms with Gasteiger partial charge in [0.1, 0.15) is 11.5 Å². The van der Waals surface area contributed by atoms with Crippen molar-refractivity contribution in [1.82, 2.24) is 0 Å². The average molecular weight is 386 g/mol. The van der Waals surface area contributed by atoms with Crippen molar-refractivity contribution < 1.29 is 9.05 Å². The first kappa shape index (κ1) is 19.7. The van der Waals surface area contributed by atoms with Crippen molar-refractivity contribution in [2.75, 3.05) is 0 Å². The van der Waals surface area contributed by atoms with Crippen LogP contribution in [0.2, 0.25) is 0 Å². The molecule has 0 aromatic heterocycles. The first-order valence-corrected chi connectivity index (χ1v) is 9.92. The summed E-state index contributed by atoms with van der Waals surface area (Å²) < 4.78 is 11.8. The Balaban J connectivity index is 1.70. The van der Waals surface area contributed by atoms with Crippen LogP contribution in [0.15, 0.2) is 115 Å². The molecular weight excluding hydrogens is 363 g/mol. The summed E-state index contributed by atoms with van der Waals surface area (Å²) in [6.07, 6.45) is 5.96. The zero-order chi connectivity index (χ0) is 19.6. The maximum atomic E-state index is 5.95. The number of hydrogen-bond donors (Lipinski definition) is 0. The fourth-order valence-corrected chi connectivity index (χ4v) is 3.26. The minimum atomic E-state index is -0.190. The third kappa shape index (κ3) is 5.22. The molecule has 0 aliphatic carbocycles. The molecule has 0 aliphatic rings. The third-order valence-corrected chi connectivity index (χ3v) is 4.76. The molecule has 0 saturated heterocycles. The molecule has 3 rings (SSSR count). The highest BCUT2D eigenvalue weighted by molar-refractivity contribution is 7.26. The van der Waals surface area contributed by atoms with Gasteiger partial charge in [0.15, 0.2) is 0 Å². The van der Waals surface area contributed by atoms with Crippen LogP contribution >= 0.6 is 9.03 Å². The minimum absolute atomic E-state index is 0.190. The molecular formula is C25H23O2P. The van der Waals surface area contributed by atoms with E-state index in [1.54, 1.807) is 0 Å². The van der Waals surface area contributed by atoms with Crippen molar-refractivity contribution in [3.63, 3.8) is 0 Å². The largest absolute Gasteiger partial charge is 0.441 e. The second-order valence-electron chi connectivity index (χ2n) is 6.04. The van der Waals surface area contributed by atoms with Crippen LogP contribution in [0.4, 0.5) is 0 Å². The van der Waals surface area contributed by atoms with Crippen molar-refractivity contribution in [3.8, 4) is 16.9 Å². The highest BCUT2D eigenvalue weighted by Gasteiger charge is 2.09. The Morgan fingerprint density at radius 2 is 1.50 bits per heavy atom. The molecule has 0 saturated carbocycles. The third-order valence-electron chi connectivity index (χ3n) is 4.13. The first-order valence-electron chi connectivity index (χ1n) is 9.10. The average Bonchev–Trinajstić information content (AvgIpc) is 2.76. The van der Waals surface area contributed by atoms with Crippen LogP contribution in [0.5, 0.6) is 5.75 Å². The van der Waals surface area contributed by atoms with E-state index in [0.29, 0.717) is 5.76 Å². The van der Waals surface area contributed by atoms with Gasteiger partial charge in [0.25, 0.3) is 9.03 Å². The van der Waals surface area contributed by atoms with Gasteiger partial charge in [-0.05, 0) is 24.1 Å². The molecule has 0 N–H and O–H groups in total. The molecule has 1 atom stereocenters. The Labute approximate surface area is 168 Å². The SMILES string of the molecule is C=C(OPOc1ccccc1-c1ccccc1)/C(=C\C=C/C)c1ccccc1. The molecule has 28 heavy (non-hydrogen) atoms. The summed E-state index contributed by atoms with van der Waals surface area (Å²) in [6, 6.07) is 28.2. The molecule has 0 radical (unpaired) electrons. The number of para-hydroxylation sites is 1. The molecule has 0 fully saturated rings. The topological polar surface area (TPSA) is 18.5 Å². The Bertz CT molecular complexity index is 960. The van der Waals surface area contributed by atoms with E-state index in [-0.39, 0.29) is 9.03 Å². The predicted molar refractivity (Wildman–Crippen MR) is 120 cm³/mol. The number of rotatable bonds is 8.